The van der Waals surface area contributed by atoms with Crippen molar-refractivity contribution in [1.82, 2.24) is 15.1 Å². The molecule has 0 saturated carbocycles. The van der Waals surface area contributed by atoms with Crippen molar-refractivity contribution >= 4 is 17.5 Å². The lowest BCUT2D eigenvalue weighted by Gasteiger charge is -2.10. The number of aromatic nitrogens is 2. The number of hydrogen-bond acceptors (Lipinski definition) is 4. The molecule has 110 valence electrons. The van der Waals surface area contributed by atoms with Crippen LogP contribution in [0.4, 0.5) is 0 Å². The Morgan fingerprint density at radius 1 is 1.24 bits per heavy atom. The van der Waals surface area contributed by atoms with Crippen LogP contribution in [-0.2, 0) is 17.8 Å². The molecule has 0 radical (unpaired) electrons. The quantitative estimate of drug-likeness (QED) is 0.851. The topological polar surface area (TPSA) is 55.3 Å². The summed E-state index contributed by atoms with van der Waals surface area (Å²) in [6, 6.07) is 9.34. The van der Waals surface area contributed by atoms with Crippen LogP contribution < -0.4 is 4.74 Å². The molecular formula is C15H16ClN3O2. The fraction of sp³-hybridized carbons (Fsp3) is 0.267. The fourth-order valence-electron chi connectivity index (χ4n) is 1.66. The van der Waals surface area contributed by atoms with Gasteiger partial charge in [-0.25, -0.2) is 0 Å². The molecule has 5 nitrogen and oxygen atoms in total. The van der Waals surface area contributed by atoms with Gasteiger partial charge in [-0.05, 0) is 11.1 Å². The molecule has 0 atom stereocenters. The van der Waals surface area contributed by atoms with E-state index in [2.05, 4.69) is 10.2 Å². The molecule has 0 aliphatic rings. The lowest BCUT2D eigenvalue weighted by molar-refractivity contribution is -0.127. The normalized spacial score (nSPS) is 10.2. The molecule has 6 heteroatoms. The molecular weight excluding hydrogens is 290 g/mol. The number of ether oxygens (including phenoxy) is 1. The van der Waals surface area contributed by atoms with Crippen molar-refractivity contribution in [2.45, 2.75) is 13.0 Å². The molecule has 0 N–H and O–H groups in total. The number of benzene rings is 1. The Labute approximate surface area is 128 Å². The Balaban J connectivity index is 1.92. The number of amides is 1. The van der Waals surface area contributed by atoms with E-state index in [-0.39, 0.29) is 5.91 Å². The van der Waals surface area contributed by atoms with Crippen LogP contribution in [0.2, 0.25) is 5.15 Å². The smallest absolute Gasteiger partial charge is 0.226 e. The monoisotopic (exact) mass is 305 g/mol. The van der Waals surface area contributed by atoms with E-state index in [1.807, 2.05) is 24.3 Å². The van der Waals surface area contributed by atoms with E-state index >= 15 is 0 Å². The van der Waals surface area contributed by atoms with Crippen molar-refractivity contribution in [3.05, 3.63) is 52.8 Å². The molecule has 1 aromatic carbocycles. The fourth-order valence-corrected chi connectivity index (χ4v) is 1.81. The first-order valence-electron chi connectivity index (χ1n) is 6.43. The average Bonchev–Trinajstić information content (AvgIpc) is 2.46. The van der Waals surface area contributed by atoms with Crippen LogP contribution >= 0.6 is 11.6 Å². The van der Waals surface area contributed by atoms with Gasteiger partial charge in [-0.1, -0.05) is 35.9 Å². The Morgan fingerprint density at radius 3 is 2.52 bits per heavy atom. The maximum Gasteiger partial charge on any atom is 0.226 e. The van der Waals surface area contributed by atoms with Gasteiger partial charge in [0.05, 0.1) is 12.6 Å². The van der Waals surface area contributed by atoms with E-state index in [0.29, 0.717) is 23.9 Å². The third-order valence-electron chi connectivity index (χ3n) is 2.88. The zero-order chi connectivity index (χ0) is 15.2. The van der Waals surface area contributed by atoms with E-state index in [1.54, 1.807) is 25.1 Å². The van der Waals surface area contributed by atoms with Gasteiger partial charge in [0.2, 0.25) is 5.91 Å². The van der Waals surface area contributed by atoms with Crippen molar-refractivity contribution in [3.8, 4) is 5.75 Å². The van der Waals surface area contributed by atoms with Gasteiger partial charge in [0.1, 0.15) is 12.4 Å². The van der Waals surface area contributed by atoms with Crippen LogP contribution in [0, 0.1) is 0 Å². The summed E-state index contributed by atoms with van der Waals surface area (Å²) in [7, 11) is 3.50. The van der Waals surface area contributed by atoms with Gasteiger partial charge < -0.3 is 9.64 Å². The molecule has 2 rings (SSSR count). The van der Waals surface area contributed by atoms with Crippen molar-refractivity contribution in [2.75, 3.05) is 14.1 Å². The molecule has 0 saturated heterocycles. The standard InChI is InChI=1S/C15H16ClN3O2/c1-19(2)15(20)7-11-3-5-12(6-4-11)10-21-13-8-14(16)18-17-9-13/h3-6,8-9H,7,10H2,1-2H3. The first-order valence-corrected chi connectivity index (χ1v) is 6.81. The molecule has 0 aliphatic carbocycles. The Bertz CT molecular complexity index is 615. The molecule has 1 amide bonds. The zero-order valence-electron chi connectivity index (χ0n) is 11.9. The van der Waals surface area contributed by atoms with Crippen LogP contribution in [0.25, 0.3) is 0 Å². The number of likely N-dealkylation sites (N-methyl/N-ethyl adjacent to an activating group) is 1. The predicted molar refractivity (Wildman–Crippen MR) is 80.2 cm³/mol. The Kier molecular flexibility index (Phi) is 5.11. The third-order valence-corrected chi connectivity index (χ3v) is 3.07. The molecule has 0 bridgehead atoms. The number of carbonyl (C=O) groups is 1. The van der Waals surface area contributed by atoms with E-state index in [9.17, 15) is 4.79 Å². The van der Waals surface area contributed by atoms with Gasteiger partial charge in [0, 0.05) is 20.2 Å². The zero-order valence-corrected chi connectivity index (χ0v) is 12.7. The van der Waals surface area contributed by atoms with Crippen molar-refractivity contribution in [3.63, 3.8) is 0 Å². The highest BCUT2D eigenvalue weighted by Crippen LogP contribution is 2.15. The molecule has 0 unspecified atom stereocenters. The first kappa shape index (κ1) is 15.3. The first-order chi connectivity index (χ1) is 10.0. The van der Waals surface area contributed by atoms with Crippen LogP contribution in [0.3, 0.4) is 0 Å². The SMILES string of the molecule is CN(C)C(=O)Cc1ccc(COc2cnnc(Cl)c2)cc1. The minimum Gasteiger partial charge on any atom is -0.487 e. The Hall–Kier alpha value is -2.14. The van der Waals surface area contributed by atoms with Crippen LogP contribution in [-0.4, -0.2) is 35.1 Å². The molecule has 0 spiro atoms. The minimum absolute atomic E-state index is 0.0801. The van der Waals surface area contributed by atoms with Crippen LogP contribution in [0.15, 0.2) is 36.5 Å². The average molecular weight is 306 g/mol. The highest BCUT2D eigenvalue weighted by atomic mass is 35.5. The Morgan fingerprint density at radius 2 is 1.90 bits per heavy atom. The van der Waals surface area contributed by atoms with E-state index < -0.39 is 0 Å². The minimum atomic E-state index is 0.0801. The summed E-state index contributed by atoms with van der Waals surface area (Å²) in [5, 5.41) is 7.65. The second-order valence-corrected chi connectivity index (χ2v) is 5.17. The van der Waals surface area contributed by atoms with Gasteiger partial charge >= 0.3 is 0 Å². The highest BCUT2D eigenvalue weighted by molar-refractivity contribution is 6.29. The van der Waals surface area contributed by atoms with Gasteiger partial charge in [-0.3, -0.25) is 4.79 Å². The van der Waals surface area contributed by atoms with E-state index in [1.165, 1.54) is 6.20 Å². The third kappa shape index (κ3) is 4.72. The number of rotatable bonds is 5. The summed E-state index contributed by atoms with van der Waals surface area (Å²) in [6.45, 7) is 0.407. The lowest BCUT2D eigenvalue weighted by Crippen LogP contribution is -2.23. The number of hydrogen-bond donors (Lipinski definition) is 0. The summed E-state index contributed by atoms with van der Waals surface area (Å²) in [6.07, 6.45) is 1.91. The van der Waals surface area contributed by atoms with Crippen molar-refractivity contribution < 1.29 is 9.53 Å². The summed E-state index contributed by atoms with van der Waals surface area (Å²) in [4.78, 5) is 13.2. The van der Waals surface area contributed by atoms with Gasteiger partial charge in [-0.2, -0.15) is 5.10 Å². The molecule has 0 aliphatic heterocycles. The summed E-state index contributed by atoms with van der Waals surface area (Å²) < 4.78 is 5.57. The number of carbonyl (C=O) groups excluding carboxylic acids is 1. The van der Waals surface area contributed by atoms with Crippen molar-refractivity contribution in [2.24, 2.45) is 0 Å². The number of nitrogens with zero attached hydrogens (tertiary/aromatic N) is 3. The largest absolute Gasteiger partial charge is 0.487 e. The van der Waals surface area contributed by atoms with Gasteiger partial charge in [0.15, 0.2) is 5.15 Å². The molecule has 1 aromatic heterocycles. The maximum atomic E-state index is 11.6. The highest BCUT2D eigenvalue weighted by Gasteiger charge is 2.05. The van der Waals surface area contributed by atoms with Gasteiger partial charge in [-0.15, -0.1) is 5.10 Å². The second-order valence-electron chi connectivity index (χ2n) is 4.78. The maximum absolute atomic E-state index is 11.6. The molecule has 2 aromatic rings. The molecule has 1 heterocycles. The second kappa shape index (κ2) is 7.04. The van der Waals surface area contributed by atoms with Crippen molar-refractivity contribution in [1.29, 1.82) is 0 Å². The van der Waals surface area contributed by atoms with Gasteiger partial charge in [0.25, 0.3) is 0 Å². The van der Waals surface area contributed by atoms with Crippen LogP contribution in [0.5, 0.6) is 5.75 Å². The summed E-state index contributed by atoms with van der Waals surface area (Å²) >= 11 is 5.73. The lowest BCUT2D eigenvalue weighted by atomic mass is 10.1. The number of halogens is 1. The van der Waals surface area contributed by atoms with E-state index in [0.717, 1.165) is 11.1 Å². The molecule has 0 fully saturated rings. The predicted octanol–water partition coefficient (Wildman–Crippen LogP) is 2.34. The summed E-state index contributed by atoms with van der Waals surface area (Å²) in [5.41, 5.74) is 1.98. The van der Waals surface area contributed by atoms with E-state index in [4.69, 9.17) is 16.3 Å². The summed E-state index contributed by atoms with van der Waals surface area (Å²) in [5.74, 6) is 0.651. The molecule has 21 heavy (non-hydrogen) atoms. The van der Waals surface area contributed by atoms with Crippen LogP contribution in [0.1, 0.15) is 11.1 Å².